The van der Waals surface area contributed by atoms with E-state index in [4.69, 9.17) is 5.73 Å². The summed E-state index contributed by atoms with van der Waals surface area (Å²) in [5, 5.41) is 3.54. The number of hydrogen-bond acceptors (Lipinski definition) is 5. The normalized spacial score (nSPS) is 15.3. The number of carbonyl (C=O) groups is 1. The predicted octanol–water partition coefficient (Wildman–Crippen LogP) is 4.80. The maximum absolute atomic E-state index is 13.3. The van der Waals surface area contributed by atoms with Crippen molar-refractivity contribution in [2.24, 2.45) is 5.92 Å². The van der Waals surface area contributed by atoms with Crippen molar-refractivity contribution in [2.45, 2.75) is 38.8 Å². The van der Waals surface area contributed by atoms with Gasteiger partial charge in [-0.25, -0.2) is 4.98 Å². The Hall–Kier alpha value is -3.87. The van der Waals surface area contributed by atoms with Gasteiger partial charge in [-0.05, 0) is 61.6 Å². The number of carbonyl (C=O) groups excluding carboxylic acids is 1. The summed E-state index contributed by atoms with van der Waals surface area (Å²) in [6.07, 6.45) is 6.05. The molecule has 0 saturated carbocycles. The summed E-state index contributed by atoms with van der Waals surface area (Å²) in [6.45, 7) is 4.57. The van der Waals surface area contributed by atoms with Crippen LogP contribution in [-0.4, -0.2) is 38.4 Å². The van der Waals surface area contributed by atoms with Gasteiger partial charge in [0.05, 0.1) is 24.2 Å². The van der Waals surface area contributed by atoms with Crippen molar-refractivity contribution in [3.63, 3.8) is 0 Å². The molecule has 1 fully saturated rings. The number of nitrogens with zero attached hydrogens (tertiary/aromatic N) is 4. The Labute approximate surface area is 206 Å². The lowest BCUT2D eigenvalue weighted by molar-refractivity contribution is -0.132. The molecule has 1 aliphatic heterocycles. The zero-order valence-corrected chi connectivity index (χ0v) is 20.1. The van der Waals surface area contributed by atoms with Crippen molar-refractivity contribution in [3.8, 4) is 0 Å². The molecule has 180 valence electrons. The fraction of sp³-hybridized carbons (Fsp3) is 0.321. The first-order chi connectivity index (χ1) is 17.1. The van der Waals surface area contributed by atoms with Crippen molar-refractivity contribution in [3.05, 3.63) is 84.4 Å². The van der Waals surface area contributed by atoms with E-state index in [0.717, 1.165) is 66.3 Å². The number of imidazole rings is 1. The molecule has 3 N–H and O–H groups in total. The number of nitrogens with two attached hydrogens (primary N) is 1. The lowest BCUT2D eigenvalue weighted by atomic mass is 9.95. The number of benzene rings is 2. The van der Waals surface area contributed by atoms with Crippen LogP contribution >= 0.6 is 0 Å². The van der Waals surface area contributed by atoms with Crippen molar-refractivity contribution in [1.82, 2.24) is 19.4 Å². The molecule has 1 atom stereocenters. The second-order valence-corrected chi connectivity index (χ2v) is 9.39. The monoisotopic (exact) mass is 468 g/mol. The largest absolute Gasteiger partial charge is 0.399 e. The molecule has 7 nitrogen and oxygen atoms in total. The van der Waals surface area contributed by atoms with Gasteiger partial charge in [0.2, 0.25) is 5.91 Å². The topological polar surface area (TPSA) is 89.1 Å². The second kappa shape index (κ2) is 10.2. The van der Waals surface area contributed by atoms with Gasteiger partial charge in [-0.1, -0.05) is 30.3 Å². The number of nitrogen functional groups attached to an aromatic ring is 1. The summed E-state index contributed by atoms with van der Waals surface area (Å²) < 4.78 is 2.29. The van der Waals surface area contributed by atoms with Gasteiger partial charge in [0.15, 0.2) is 0 Å². The highest BCUT2D eigenvalue weighted by atomic mass is 16.2. The first-order valence-electron chi connectivity index (χ1n) is 12.3. The maximum atomic E-state index is 13.3. The highest BCUT2D eigenvalue weighted by Gasteiger charge is 2.26. The van der Waals surface area contributed by atoms with Gasteiger partial charge >= 0.3 is 0 Å². The number of amides is 1. The quantitative estimate of drug-likeness (QED) is 0.380. The van der Waals surface area contributed by atoms with Crippen LogP contribution in [0.2, 0.25) is 0 Å². The van der Waals surface area contributed by atoms with E-state index in [-0.39, 0.29) is 11.9 Å². The molecule has 2 aromatic carbocycles. The molecule has 0 bridgehead atoms. The molecule has 0 radical (unpaired) electrons. The Balaban J connectivity index is 1.22. The van der Waals surface area contributed by atoms with Gasteiger partial charge < -0.3 is 20.5 Å². The Morgan fingerprint density at radius 2 is 1.83 bits per heavy atom. The number of hydrogen-bond donors (Lipinski definition) is 2. The number of aromatic nitrogens is 3. The first kappa shape index (κ1) is 22.9. The van der Waals surface area contributed by atoms with Gasteiger partial charge in [0.1, 0.15) is 11.3 Å². The lowest BCUT2D eigenvalue weighted by Gasteiger charge is -2.33. The Morgan fingerprint density at radius 1 is 1.09 bits per heavy atom. The smallest absolute Gasteiger partial charge is 0.224 e. The summed E-state index contributed by atoms with van der Waals surface area (Å²) >= 11 is 0. The van der Waals surface area contributed by atoms with Crippen LogP contribution in [-0.2, 0) is 11.3 Å². The van der Waals surface area contributed by atoms with Crippen LogP contribution in [0.15, 0.2) is 73.1 Å². The third kappa shape index (κ3) is 5.29. The third-order valence-electron chi connectivity index (χ3n) is 6.98. The van der Waals surface area contributed by atoms with Crippen LogP contribution in [0, 0.1) is 12.8 Å². The molecule has 7 heteroatoms. The van der Waals surface area contributed by atoms with Crippen LogP contribution in [0.25, 0.3) is 11.0 Å². The molecule has 35 heavy (non-hydrogen) atoms. The van der Waals surface area contributed by atoms with E-state index in [1.165, 1.54) is 0 Å². The Morgan fingerprint density at radius 3 is 2.57 bits per heavy atom. The summed E-state index contributed by atoms with van der Waals surface area (Å²) in [5.41, 5.74) is 10.7. The average Bonchev–Trinajstić information content (AvgIpc) is 3.20. The molecule has 1 aliphatic rings. The molecule has 4 aromatic rings. The zero-order chi connectivity index (χ0) is 24.2. The summed E-state index contributed by atoms with van der Waals surface area (Å²) in [6, 6.07) is 19.8. The standard InChI is InChI=1S/C28H32N6O/c1-20-31-26-18-30-14-11-27(26)34(20)19-21-12-15-33(16-13-21)28(35)17-25(22-5-3-2-4-6-22)32-24-9-7-23(29)8-10-24/h2-11,14,18,21,25,32H,12-13,15-17,19,29H2,1H3. The number of nitrogens with one attached hydrogen (secondary N) is 1. The van der Waals surface area contributed by atoms with Gasteiger partial charge in [-0.15, -0.1) is 0 Å². The number of anilines is 2. The minimum Gasteiger partial charge on any atom is -0.399 e. The number of fused-ring (bicyclic) bond motifs is 1. The molecule has 1 saturated heterocycles. The molecule has 5 rings (SSSR count). The van der Waals surface area contributed by atoms with E-state index < -0.39 is 0 Å². The summed E-state index contributed by atoms with van der Waals surface area (Å²) in [7, 11) is 0. The van der Waals surface area contributed by atoms with Crippen LogP contribution in [0.5, 0.6) is 0 Å². The van der Waals surface area contributed by atoms with E-state index >= 15 is 0 Å². The second-order valence-electron chi connectivity index (χ2n) is 9.39. The SMILES string of the molecule is Cc1nc2cnccc2n1CC1CCN(C(=O)CC(Nc2ccc(N)cc2)c2ccccc2)CC1. The van der Waals surface area contributed by atoms with E-state index in [2.05, 4.69) is 38.9 Å². The molecule has 0 aliphatic carbocycles. The number of piperidine rings is 1. The first-order valence-corrected chi connectivity index (χ1v) is 12.3. The minimum atomic E-state index is -0.0985. The third-order valence-corrected chi connectivity index (χ3v) is 6.98. The highest BCUT2D eigenvalue weighted by molar-refractivity contribution is 5.78. The maximum Gasteiger partial charge on any atom is 0.224 e. The summed E-state index contributed by atoms with van der Waals surface area (Å²) in [4.78, 5) is 24.2. The fourth-order valence-corrected chi connectivity index (χ4v) is 4.98. The Bertz CT molecular complexity index is 1280. The number of rotatable bonds is 7. The molecule has 2 aromatic heterocycles. The zero-order valence-electron chi connectivity index (χ0n) is 20.1. The fourth-order valence-electron chi connectivity index (χ4n) is 4.98. The van der Waals surface area contributed by atoms with Crippen LogP contribution < -0.4 is 11.1 Å². The van der Waals surface area contributed by atoms with Gasteiger partial charge in [0.25, 0.3) is 0 Å². The van der Waals surface area contributed by atoms with Crippen molar-refractivity contribution >= 4 is 28.3 Å². The lowest BCUT2D eigenvalue weighted by Crippen LogP contribution is -2.40. The number of pyridine rings is 1. The Kier molecular flexibility index (Phi) is 6.66. The molecule has 1 unspecified atom stereocenters. The van der Waals surface area contributed by atoms with Crippen molar-refractivity contribution in [1.29, 1.82) is 0 Å². The number of likely N-dealkylation sites (tertiary alicyclic amines) is 1. The van der Waals surface area contributed by atoms with Crippen molar-refractivity contribution in [2.75, 3.05) is 24.1 Å². The van der Waals surface area contributed by atoms with Crippen LogP contribution in [0.1, 0.15) is 36.7 Å². The summed E-state index contributed by atoms with van der Waals surface area (Å²) in [5.74, 6) is 1.74. The van der Waals surface area contributed by atoms with E-state index in [0.29, 0.717) is 12.3 Å². The van der Waals surface area contributed by atoms with Crippen LogP contribution in [0.3, 0.4) is 0 Å². The average molecular weight is 469 g/mol. The van der Waals surface area contributed by atoms with Gasteiger partial charge in [-0.2, -0.15) is 0 Å². The molecule has 3 heterocycles. The highest BCUT2D eigenvalue weighted by Crippen LogP contribution is 2.27. The van der Waals surface area contributed by atoms with E-state index in [1.54, 1.807) is 0 Å². The van der Waals surface area contributed by atoms with Gasteiger partial charge in [0, 0.05) is 37.2 Å². The van der Waals surface area contributed by atoms with Crippen molar-refractivity contribution < 1.29 is 4.79 Å². The molecule has 1 amide bonds. The van der Waals surface area contributed by atoms with Crippen LogP contribution in [0.4, 0.5) is 11.4 Å². The minimum absolute atomic E-state index is 0.0985. The molecule has 0 spiro atoms. The van der Waals surface area contributed by atoms with Gasteiger partial charge in [-0.3, -0.25) is 9.78 Å². The van der Waals surface area contributed by atoms with E-state index in [9.17, 15) is 4.79 Å². The predicted molar refractivity (Wildman–Crippen MR) is 140 cm³/mol. The number of aryl methyl sites for hydroxylation is 1. The molecular weight excluding hydrogens is 436 g/mol. The van der Waals surface area contributed by atoms with E-state index in [1.807, 2.05) is 65.8 Å². The molecular formula is C28H32N6O.